The first-order chi connectivity index (χ1) is 11.9. The van der Waals surface area contributed by atoms with Crippen LogP contribution in [-0.2, 0) is 20.9 Å². The molecule has 2 rings (SSSR count). The van der Waals surface area contributed by atoms with Crippen LogP contribution in [0.4, 0.5) is 5.69 Å². The number of amides is 1. The van der Waals surface area contributed by atoms with Crippen LogP contribution in [-0.4, -0.2) is 25.1 Å². The summed E-state index contributed by atoms with van der Waals surface area (Å²) < 4.78 is 10.2. The minimum Gasteiger partial charge on any atom is -0.449 e. The van der Waals surface area contributed by atoms with Gasteiger partial charge in [-0.1, -0.05) is 35.3 Å². The molecule has 0 spiro atoms. The van der Waals surface area contributed by atoms with Crippen LogP contribution in [0.25, 0.3) is 0 Å². The molecule has 0 unspecified atom stereocenters. The van der Waals surface area contributed by atoms with Crippen LogP contribution in [0.1, 0.15) is 22.8 Å². The van der Waals surface area contributed by atoms with E-state index in [1.165, 1.54) is 13.0 Å². The Hall–Kier alpha value is -2.08. The van der Waals surface area contributed by atoms with Crippen molar-refractivity contribution in [1.82, 2.24) is 0 Å². The quantitative estimate of drug-likeness (QED) is 0.756. The van der Waals surface area contributed by atoms with E-state index >= 15 is 0 Å². The predicted molar refractivity (Wildman–Crippen MR) is 97.1 cm³/mol. The molecular formula is C18H17Cl2NO4. The van der Waals surface area contributed by atoms with Crippen molar-refractivity contribution in [3.05, 3.63) is 63.6 Å². The van der Waals surface area contributed by atoms with E-state index in [0.717, 1.165) is 5.56 Å². The van der Waals surface area contributed by atoms with Gasteiger partial charge in [0.2, 0.25) is 0 Å². The number of ether oxygens (including phenoxy) is 2. The fourth-order valence-corrected chi connectivity index (χ4v) is 2.52. The van der Waals surface area contributed by atoms with E-state index in [0.29, 0.717) is 27.9 Å². The molecule has 2 aromatic carbocycles. The Kier molecular flexibility index (Phi) is 6.82. The number of halogens is 2. The molecular weight excluding hydrogens is 365 g/mol. The molecule has 7 heteroatoms. The number of hydrogen-bond donors (Lipinski definition) is 1. The second-order valence-electron chi connectivity index (χ2n) is 5.29. The molecule has 2 aromatic rings. The summed E-state index contributed by atoms with van der Waals surface area (Å²) in [5.74, 6) is -1.09. The van der Waals surface area contributed by atoms with Gasteiger partial charge in [0.1, 0.15) is 0 Å². The highest BCUT2D eigenvalue weighted by Gasteiger charge is 2.20. The Morgan fingerprint density at radius 1 is 1.16 bits per heavy atom. The maximum absolute atomic E-state index is 12.2. The third-order valence-corrected chi connectivity index (χ3v) is 3.86. The largest absolute Gasteiger partial charge is 0.449 e. The number of anilines is 1. The zero-order chi connectivity index (χ0) is 18.4. The van der Waals surface area contributed by atoms with Crippen LogP contribution in [0.2, 0.25) is 10.0 Å². The second kappa shape index (κ2) is 8.85. The maximum Gasteiger partial charge on any atom is 0.338 e. The van der Waals surface area contributed by atoms with E-state index in [9.17, 15) is 9.59 Å². The SMILES string of the molecule is COCc1cccc(C(=O)O[C@H](C)C(=O)Nc2ccc(Cl)cc2Cl)c1. The molecule has 0 aliphatic heterocycles. The van der Waals surface area contributed by atoms with Crippen molar-refractivity contribution in [2.75, 3.05) is 12.4 Å². The van der Waals surface area contributed by atoms with Crippen molar-refractivity contribution < 1.29 is 19.1 Å². The summed E-state index contributed by atoms with van der Waals surface area (Å²) in [4.78, 5) is 24.4. The lowest BCUT2D eigenvalue weighted by atomic mass is 10.1. The summed E-state index contributed by atoms with van der Waals surface area (Å²) in [5, 5.41) is 3.35. The lowest BCUT2D eigenvalue weighted by Crippen LogP contribution is -2.30. The summed E-state index contributed by atoms with van der Waals surface area (Å²) in [7, 11) is 1.57. The van der Waals surface area contributed by atoms with Gasteiger partial charge in [0, 0.05) is 12.1 Å². The first kappa shape index (κ1) is 19.2. The number of hydrogen-bond acceptors (Lipinski definition) is 4. The fourth-order valence-electron chi connectivity index (χ4n) is 2.06. The van der Waals surface area contributed by atoms with Crippen molar-refractivity contribution >= 4 is 40.8 Å². The molecule has 0 aliphatic rings. The van der Waals surface area contributed by atoms with Gasteiger partial charge in [-0.15, -0.1) is 0 Å². The topological polar surface area (TPSA) is 64.6 Å². The van der Waals surface area contributed by atoms with E-state index in [1.807, 2.05) is 6.07 Å². The van der Waals surface area contributed by atoms with Crippen molar-refractivity contribution in [2.45, 2.75) is 19.6 Å². The molecule has 0 saturated heterocycles. The van der Waals surface area contributed by atoms with Crippen LogP contribution < -0.4 is 5.32 Å². The molecule has 0 saturated carbocycles. The molecule has 1 atom stereocenters. The van der Waals surface area contributed by atoms with Gasteiger partial charge >= 0.3 is 5.97 Å². The van der Waals surface area contributed by atoms with Gasteiger partial charge in [0.05, 0.1) is 22.9 Å². The number of rotatable bonds is 6. The van der Waals surface area contributed by atoms with Crippen LogP contribution >= 0.6 is 23.2 Å². The van der Waals surface area contributed by atoms with Crippen LogP contribution in [0, 0.1) is 0 Å². The Morgan fingerprint density at radius 2 is 1.92 bits per heavy atom. The molecule has 25 heavy (non-hydrogen) atoms. The van der Waals surface area contributed by atoms with Crippen molar-refractivity contribution in [1.29, 1.82) is 0 Å². The first-order valence-corrected chi connectivity index (χ1v) is 8.21. The van der Waals surface area contributed by atoms with E-state index < -0.39 is 18.0 Å². The summed E-state index contributed by atoms with van der Waals surface area (Å²) in [5.41, 5.74) is 1.57. The van der Waals surface area contributed by atoms with Crippen molar-refractivity contribution in [2.24, 2.45) is 0 Å². The zero-order valence-corrected chi connectivity index (χ0v) is 15.2. The molecule has 5 nitrogen and oxygen atoms in total. The lowest BCUT2D eigenvalue weighted by Gasteiger charge is -2.14. The number of carbonyl (C=O) groups excluding carboxylic acids is 2. The van der Waals surface area contributed by atoms with Gasteiger partial charge in [0.25, 0.3) is 5.91 Å². The molecule has 132 valence electrons. The highest BCUT2D eigenvalue weighted by molar-refractivity contribution is 6.36. The minimum absolute atomic E-state index is 0.298. The molecule has 0 heterocycles. The minimum atomic E-state index is -0.995. The van der Waals surface area contributed by atoms with Crippen LogP contribution in [0.3, 0.4) is 0 Å². The predicted octanol–water partition coefficient (Wildman–Crippen LogP) is 4.32. The molecule has 0 aromatic heterocycles. The molecule has 1 N–H and O–H groups in total. The maximum atomic E-state index is 12.2. The molecule has 0 fully saturated rings. The third-order valence-electron chi connectivity index (χ3n) is 3.32. The van der Waals surface area contributed by atoms with E-state index in [2.05, 4.69) is 5.32 Å². The van der Waals surface area contributed by atoms with Crippen LogP contribution in [0.5, 0.6) is 0 Å². The van der Waals surface area contributed by atoms with Gasteiger partial charge < -0.3 is 14.8 Å². The number of methoxy groups -OCH3 is 1. The Morgan fingerprint density at radius 3 is 2.60 bits per heavy atom. The molecule has 0 bridgehead atoms. The molecule has 0 aliphatic carbocycles. The average molecular weight is 382 g/mol. The average Bonchev–Trinajstić information content (AvgIpc) is 2.57. The summed E-state index contributed by atoms with van der Waals surface area (Å²) in [6.07, 6.45) is -0.995. The van der Waals surface area contributed by atoms with Crippen molar-refractivity contribution in [3.63, 3.8) is 0 Å². The van der Waals surface area contributed by atoms with Crippen molar-refractivity contribution in [3.8, 4) is 0 Å². The smallest absolute Gasteiger partial charge is 0.338 e. The van der Waals surface area contributed by atoms with Gasteiger partial charge in [-0.3, -0.25) is 4.79 Å². The van der Waals surface area contributed by atoms with E-state index in [4.69, 9.17) is 32.7 Å². The Bertz CT molecular complexity index is 779. The van der Waals surface area contributed by atoms with Crippen LogP contribution in [0.15, 0.2) is 42.5 Å². The highest BCUT2D eigenvalue weighted by Crippen LogP contribution is 2.25. The van der Waals surface area contributed by atoms with Gasteiger partial charge in [-0.05, 0) is 42.8 Å². The van der Waals surface area contributed by atoms with E-state index in [-0.39, 0.29) is 0 Å². The second-order valence-corrected chi connectivity index (χ2v) is 6.14. The summed E-state index contributed by atoms with van der Waals surface area (Å²) in [6, 6.07) is 11.5. The summed E-state index contributed by atoms with van der Waals surface area (Å²) in [6.45, 7) is 1.86. The Labute approximate surface area is 155 Å². The normalized spacial score (nSPS) is 11.7. The monoisotopic (exact) mass is 381 g/mol. The van der Waals surface area contributed by atoms with E-state index in [1.54, 1.807) is 37.4 Å². The Balaban J connectivity index is 2.00. The van der Waals surface area contributed by atoms with Gasteiger partial charge in [-0.2, -0.15) is 0 Å². The third kappa shape index (κ3) is 5.46. The number of carbonyl (C=O) groups is 2. The standard InChI is InChI=1S/C18H17Cl2NO4/c1-11(17(22)21-16-7-6-14(19)9-15(16)20)25-18(23)13-5-3-4-12(8-13)10-24-2/h3-9,11H,10H2,1-2H3,(H,21,22)/t11-/m1/s1. The number of esters is 1. The molecule has 1 amide bonds. The summed E-state index contributed by atoms with van der Waals surface area (Å²) >= 11 is 11.8. The fraction of sp³-hybridized carbons (Fsp3) is 0.222. The molecule has 0 radical (unpaired) electrons. The lowest BCUT2D eigenvalue weighted by molar-refractivity contribution is -0.123. The number of benzene rings is 2. The first-order valence-electron chi connectivity index (χ1n) is 7.45. The zero-order valence-electron chi connectivity index (χ0n) is 13.7. The highest BCUT2D eigenvalue weighted by atomic mass is 35.5. The van der Waals surface area contributed by atoms with Gasteiger partial charge in [-0.25, -0.2) is 4.79 Å². The van der Waals surface area contributed by atoms with Gasteiger partial charge in [0.15, 0.2) is 6.10 Å². The number of nitrogens with one attached hydrogen (secondary N) is 1.